The van der Waals surface area contributed by atoms with Gasteiger partial charge in [0.2, 0.25) is 0 Å². The molecule has 0 saturated carbocycles. The summed E-state index contributed by atoms with van der Waals surface area (Å²) in [7, 11) is 0.743. The summed E-state index contributed by atoms with van der Waals surface area (Å²) in [6.07, 6.45) is 1.76. The molecular formula is C15H22N4OSi. The van der Waals surface area contributed by atoms with Crippen LogP contribution in [0.5, 0.6) is 0 Å². The van der Waals surface area contributed by atoms with Gasteiger partial charge < -0.3 is 14.6 Å². The van der Waals surface area contributed by atoms with Crippen LogP contribution in [0.2, 0.25) is 25.7 Å². The topological polar surface area (TPSA) is 62.9 Å². The van der Waals surface area contributed by atoms with Gasteiger partial charge in [-0.3, -0.25) is 0 Å². The van der Waals surface area contributed by atoms with E-state index < -0.39 is 8.07 Å². The third kappa shape index (κ3) is 3.83. The highest BCUT2D eigenvalue weighted by Gasteiger charge is 2.12. The van der Waals surface area contributed by atoms with E-state index in [9.17, 15) is 5.26 Å². The Labute approximate surface area is 126 Å². The van der Waals surface area contributed by atoms with Crippen molar-refractivity contribution >= 4 is 24.8 Å². The van der Waals surface area contributed by atoms with Crippen molar-refractivity contribution in [3.8, 4) is 6.07 Å². The van der Waals surface area contributed by atoms with Crippen LogP contribution >= 0.6 is 0 Å². The Morgan fingerprint density at radius 1 is 1.38 bits per heavy atom. The van der Waals surface area contributed by atoms with Crippen LogP contribution in [0.1, 0.15) is 5.56 Å². The smallest absolute Gasteiger partial charge is 0.124 e. The number of benzene rings is 1. The maximum atomic E-state index is 9.19. The van der Waals surface area contributed by atoms with Crippen molar-refractivity contribution in [2.24, 2.45) is 0 Å². The van der Waals surface area contributed by atoms with Crippen molar-refractivity contribution in [3.63, 3.8) is 0 Å². The maximum Gasteiger partial charge on any atom is 0.124 e. The minimum atomic E-state index is -1.06. The first-order valence-electron chi connectivity index (χ1n) is 7.09. The number of nitrogens with zero attached hydrogens (tertiary/aromatic N) is 3. The van der Waals surface area contributed by atoms with Gasteiger partial charge in [-0.05, 0) is 18.2 Å². The Hall–Kier alpha value is -1.84. The van der Waals surface area contributed by atoms with Gasteiger partial charge in [0, 0.05) is 21.7 Å². The van der Waals surface area contributed by atoms with Gasteiger partial charge in [-0.1, -0.05) is 19.6 Å². The highest BCUT2D eigenvalue weighted by molar-refractivity contribution is 6.76. The largest absolute Gasteiger partial charge is 0.387 e. The number of ether oxygens (including phenoxy) is 1. The van der Waals surface area contributed by atoms with Crippen LogP contribution in [-0.2, 0) is 11.5 Å². The van der Waals surface area contributed by atoms with Crippen LogP contribution < -0.4 is 5.32 Å². The van der Waals surface area contributed by atoms with Crippen LogP contribution in [-0.4, -0.2) is 31.3 Å². The second-order valence-electron chi connectivity index (χ2n) is 6.31. The molecule has 1 heterocycles. The van der Waals surface area contributed by atoms with E-state index in [0.717, 1.165) is 29.4 Å². The predicted octanol–water partition coefficient (Wildman–Crippen LogP) is 3.26. The van der Waals surface area contributed by atoms with Gasteiger partial charge in [0.25, 0.3) is 0 Å². The van der Waals surface area contributed by atoms with Crippen LogP contribution in [0.25, 0.3) is 11.0 Å². The van der Waals surface area contributed by atoms with E-state index in [1.165, 1.54) is 0 Å². The highest BCUT2D eigenvalue weighted by Crippen LogP contribution is 2.22. The molecule has 0 fully saturated rings. The molecule has 0 atom stereocenters. The summed E-state index contributed by atoms with van der Waals surface area (Å²) in [6.45, 7) is 8.25. The molecule has 0 aliphatic carbocycles. The van der Waals surface area contributed by atoms with Crippen molar-refractivity contribution in [1.82, 2.24) is 9.55 Å². The molecule has 0 unspecified atom stereocenters. The fourth-order valence-electron chi connectivity index (χ4n) is 2.05. The molecule has 0 saturated heterocycles. The summed E-state index contributed by atoms with van der Waals surface area (Å²) in [5.41, 5.74) is 3.22. The lowest BCUT2D eigenvalue weighted by molar-refractivity contribution is 0.0898. The van der Waals surface area contributed by atoms with Crippen LogP contribution in [0, 0.1) is 11.3 Å². The molecule has 1 N–H and O–H groups in total. The van der Waals surface area contributed by atoms with E-state index in [1.54, 1.807) is 13.4 Å². The monoisotopic (exact) mass is 302 g/mol. The molecule has 2 rings (SSSR count). The number of hydrogen-bond donors (Lipinski definition) is 1. The van der Waals surface area contributed by atoms with Gasteiger partial charge in [-0.2, -0.15) is 5.26 Å². The second-order valence-corrected chi connectivity index (χ2v) is 11.9. The number of aromatic nitrogens is 2. The lowest BCUT2D eigenvalue weighted by Crippen LogP contribution is -2.21. The average molecular weight is 302 g/mol. The van der Waals surface area contributed by atoms with Gasteiger partial charge in [-0.25, -0.2) is 4.98 Å². The first-order chi connectivity index (χ1) is 9.94. The molecule has 0 aliphatic heterocycles. The summed E-state index contributed by atoms with van der Waals surface area (Å²) < 4.78 is 7.70. The maximum absolute atomic E-state index is 9.19. The SMILES string of the molecule is CNc1cc2ncn(COCC[Si](C)(C)C)c2cc1C#N. The third-order valence-corrected chi connectivity index (χ3v) is 5.08. The first-order valence-corrected chi connectivity index (χ1v) is 10.8. The molecule has 5 nitrogen and oxygen atoms in total. The zero-order chi connectivity index (χ0) is 15.5. The van der Waals surface area contributed by atoms with Crippen LogP contribution in [0.3, 0.4) is 0 Å². The van der Waals surface area contributed by atoms with Crippen LogP contribution in [0.4, 0.5) is 5.69 Å². The second kappa shape index (κ2) is 6.29. The van der Waals surface area contributed by atoms with Gasteiger partial charge in [-0.15, -0.1) is 0 Å². The van der Waals surface area contributed by atoms with E-state index in [1.807, 2.05) is 16.7 Å². The number of imidazole rings is 1. The average Bonchev–Trinajstić information content (AvgIpc) is 2.83. The molecule has 1 aromatic carbocycles. The fourth-order valence-corrected chi connectivity index (χ4v) is 2.80. The number of hydrogen-bond acceptors (Lipinski definition) is 4. The molecule has 1 aromatic heterocycles. The summed E-state index contributed by atoms with van der Waals surface area (Å²) in [6, 6.07) is 7.10. The zero-order valence-electron chi connectivity index (χ0n) is 13.1. The van der Waals surface area contributed by atoms with Gasteiger partial charge in [0.15, 0.2) is 0 Å². The number of nitriles is 1. The van der Waals surface area contributed by atoms with Gasteiger partial charge >= 0.3 is 0 Å². The minimum absolute atomic E-state index is 0.477. The number of nitrogens with one attached hydrogen (secondary N) is 1. The zero-order valence-corrected chi connectivity index (χ0v) is 14.1. The molecular weight excluding hydrogens is 280 g/mol. The summed E-state index contributed by atoms with van der Waals surface area (Å²) in [4.78, 5) is 4.37. The van der Waals surface area contributed by atoms with Crippen molar-refractivity contribution in [1.29, 1.82) is 5.26 Å². The lowest BCUT2D eigenvalue weighted by Gasteiger charge is -2.15. The Bertz CT molecular complexity index is 667. The van der Waals surface area contributed by atoms with Crippen LogP contribution in [0.15, 0.2) is 18.5 Å². The molecule has 0 bridgehead atoms. The molecule has 6 heteroatoms. The Balaban J connectivity index is 2.13. The molecule has 0 radical (unpaired) electrons. The summed E-state index contributed by atoms with van der Waals surface area (Å²) in [5, 5.41) is 12.2. The fraction of sp³-hybridized carbons (Fsp3) is 0.467. The predicted molar refractivity (Wildman–Crippen MR) is 88.1 cm³/mol. The van der Waals surface area contributed by atoms with E-state index in [0.29, 0.717) is 12.3 Å². The molecule has 21 heavy (non-hydrogen) atoms. The van der Waals surface area contributed by atoms with Gasteiger partial charge in [0.1, 0.15) is 12.8 Å². The lowest BCUT2D eigenvalue weighted by atomic mass is 10.1. The third-order valence-electron chi connectivity index (χ3n) is 3.38. The molecule has 0 amide bonds. The number of rotatable bonds is 6. The number of fused-ring (bicyclic) bond motifs is 1. The molecule has 2 aromatic rings. The van der Waals surface area contributed by atoms with Crippen molar-refractivity contribution in [3.05, 3.63) is 24.0 Å². The molecule has 112 valence electrons. The van der Waals surface area contributed by atoms with Crippen molar-refractivity contribution in [2.45, 2.75) is 32.4 Å². The van der Waals surface area contributed by atoms with E-state index in [-0.39, 0.29) is 0 Å². The Kier molecular flexibility index (Phi) is 4.65. The van der Waals surface area contributed by atoms with Crippen molar-refractivity contribution in [2.75, 3.05) is 19.0 Å². The highest BCUT2D eigenvalue weighted by atomic mass is 28.3. The van der Waals surface area contributed by atoms with E-state index in [4.69, 9.17) is 4.74 Å². The number of anilines is 1. The minimum Gasteiger partial charge on any atom is -0.387 e. The quantitative estimate of drug-likeness (QED) is 0.657. The van der Waals surface area contributed by atoms with E-state index in [2.05, 4.69) is 36.0 Å². The molecule has 0 aliphatic rings. The first kappa shape index (κ1) is 15.5. The normalized spacial score (nSPS) is 11.6. The Morgan fingerprint density at radius 3 is 2.76 bits per heavy atom. The standard InChI is InChI=1S/C15H22N4OSi/c1-17-13-8-14-15(7-12(13)9-16)19(10-18-14)11-20-5-6-21(2,3)4/h7-8,10,17H,5-6,11H2,1-4H3. The van der Waals surface area contributed by atoms with Crippen molar-refractivity contribution < 1.29 is 4.74 Å². The van der Waals surface area contributed by atoms with Gasteiger partial charge in [0.05, 0.1) is 28.6 Å². The summed E-state index contributed by atoms with van der Waals surface area (Å²) in [5.74, 6) is 0. The Morgan fingerprint density at radius 2 is 2.14 bits per heavy atom. The molecule has 0 spiro atoms. The summed E-state index contributed by atoms with van der Waals surface area (Å²) >= 11 is 0. The van der Waals surface area contributed by atoms with E-state index >= 15 is 0 Å².